The fourth-order valence-electron chi connectivity index (χ4n) is 2.07. The summed E-state index contributed by atoms with van der Waals surface area (Å²) < 4.78 is 0. The molecule has 0 atom stereocenters. The smallest absolute Gasteiger partial charge is 0.308 e. The molecule has 2 aromatic carbocycles. The van der Waals surface area contributed by atoms with Crippen molar-refractivity contribution >= 4 is 45.5 Å². The van der Waals surface area contributed by atoms with E-state index in [9.17, 15) is 14.9 Å². The maximum atomic E-state index is 12.0. The van der Waals surface area contributed by atoms with Crippen LogP contribution in [0.5, 0.6) is 0 Å². The van der Waals surface area contributed by atoms with Crippen molar-refractivity contribution in [2.24, 2.45) is 0 Å². The molecule has 2 amide bonds. The molecular formula is C16H11ClN4O3S. The second-order valence-electron chi connectivity index (χ2n) is 4.93. The Labute approximate surface area is 151 Å². The number of carbonyl (C=O) groups is 1. The van der Waals surface area contributed by atoms with Gasteiger partial charge >= 0.3 is 6.03 Å². The molecule has 3 rings (SSSR count). The van der Waals surface area contributed by atoms with Crippen LogP contribution in [-0.2, 0) is 0 Å². The van der Waals surface area contributed by atoms with Gasteiger partial charge in [-0.25, -0.2) is 9.78 Å². The predicted octanol–water partition coefficient (Wildman–Crippen LogP) is 5.02. The van der Waals surface area contributed by atoms with E-state index in [2.05, 4.69) is 15.6 Å². The minimum Gasteiger partial charge on any atom is -0.308 e. The maximum Gasteiger partial charge on any atom is 0.325 e. The lowest BCUT2D eigenvalue weighted by molar-refractivity contribution is -0.384. The van der Waals surface area contributed by atoms with Gasteiger partial charge in [-0.3, -0.25) is 15.4 Å². The van der Waals surface area contributed by atoms with E-state index in [1.54, 1.807) is 41.8 Å². The summed E-state index contributed by atoms with van der Waals surface area (Å²) in [4.78, 5) is 26.7. The molecule has 1 heterocycles. The number of thiazole rings is 1. The van der Waals surface area contributed by atoms with Crippen LogP contribution in [0.3, 0.4) is 0 Å². The van der Waals surface area contributed by atoms with Crippen molar-refractivity contribution in [2.75, 3.05) is 10.6 Å². The zero-order chi connectivity index (χ0) is 17.8. The molecule has 0 aliphatic carbocycles. The molecule has 7 nitrogen and oxygen atoms in total. The number of non-ortho nitro benzene ring substituents is 1. The Morgan fingerprint density at radius 2 is 1.96 bits per heavy atom. The quantitative estimate of drug-likeness (QED) is 0.495. The van der Waals surface area contributed by atoms with Crippen molar-refractivity contribution in [1.29, 1.82) is 0 Å². The summed E-state index contributed by atoms with van der Waals surface area (Å²) in [6.45, 7) is 0. The number of hydrogen-bond acceptors (Lipinski definition) is 5. The zero-order valence-corrected chi connectivity index (χ0v) is 14.2. The third-order valence-corrected chi connectivity index (χ3v) is 4.15. The number of nitrogens with one attached hydrogen (secondary N) is 2. The van der Waals surface area contributed by atoms with E-state index in [1.165, 1.54) is 23.5 Å². The average Bonchev–Trinajstić information content (AvgIpc) is 3.03. The van der Waals surface area contributed by atoms with E-state index in [4.69, 9.17) is 11.6 Å². The largest absolute Gasteiger partial charge is 0.325 e. The number of urea groups is 1. The summed E-state index contributed by atoms with van der Waals surface area (Å²) in [5.74, 6) is 0. The fourth-order valence-corrected chi connectivity index (χ4v) is 2.97. The Balaban J connectivity index is 1.70. The van der Waals surface area contributed by atoms with Gasteiger partial charge in [-0.1, -0.05) is 29.8 Å². The highest BCUT2D eigenvalue weighted by Gasteiger charge is 2.11. The molecule has 126 valence electrons. The van der Waals surface area contributed by atoms with Crippen molar-refractivity contribution in [3.8, 4) is 11.3 Å². The van der Waals surface area contributed by atoms with Gasteiger partial charge in [0.15, 0.2) is 5.13 Å². The molecule has 3 aromatic rings. The summed E-state index contributed by atoms with van der Waals surface area (Å²) in [6.07, 6.45) is 0. The standard InChI is InChI=1S/C16H11ClN4O3S/c17-11-4-2-5-12(8-11)18-15(22)20-16-19-14(9-25-16)10-3-1-6-13(7-10)21(23)24/h1-9H,(H2,18,19,20,22). The minimum absolute atomic E-state index is 0.0151. The van der Waals surface area contributed by atoms with E-state index in [0.717, 1.165) is 0 Å². The predicted molar refractivity (Wildman–Crippen MR) is 98.3 cm³/mol. The number of nitro groups is 1. The van der Waals surface area contributed by atoms with Gasteiger partial charge in [-0.2, -0.15) is 0 Å². The molecule has 0 saturated heterocycles. The van der Waals surface area contributed by atoms with Gasteiger partial charge in [-0.15, -0.1) is 11.3 Å². The first-order valence-electron chi connectivity index (χ1n) is 7.05. The van der Waals surface area contributed by atoms with Gasteiger partial charge < -0.3 is 5.32 Å². The van der Waals surface area contributed by atoms with Crippen LogP contribution in [0.2, 0.25) is 5.02 Å². The van der Waals surface area contributed by atoms with Gasteiger partial charge in [0.1, 0.15) is 0 Å². The van der Waals surface area contributed by atoms with Gasteiger partial charge in [0.25, 0.3) is 5.69 Å². The van der Waals surface area contributed by atoms with Gasteiger partial charge in [0.2, 0.25) is 0 Å². The minimum atomic E-state index is -0.465. The van der Waals surface area contributed by atoms with E-state index in [-0.39, 0.29) is 5.69 Å². The second kappa shape index (κ2) is 7.29. The Kier molecular flexibility index (Phi) is 4.92. The highest BCUT2D eigenvalue weighted by Crippen LogP contribution is 2.27. The number of amides is 2. The second-order valence-corrected chi connectivity index (χ2v) is 6.23. The van der Waals surface area contributed by atoms with Gasteiger partial charge in [0.05, 0.1) is 10.6 Å². The van der Waals surface area contributed by atoms with Crippen LogP contribution in [0.15, 0.2) is 53.9 Å². The first kappa shape index (κ1) is 16.9. The number of nitro benzene ring substituents is 1. The first-order chi connectivity index (χ1) is 12.0. The molecule has 0 bridgehead atoms. The van der Waals surface area contributed by atoms with E-state index < -0.39 is 11.0 Å². The number of aromatic nitrogens is 1. The van der Waals surface area contributed by atoms with Crippen LogP contribution in [0, 0.1) is 10.1 Å². The number of rotatable bonds is 4. The van der Waals surface area contributed by atoms with Gasteiger partial charge in [0, 0.05) is 33.8 Å². The third-order valence-electron chi connectivity index (χ3n) is 3.16. The summed E-state index contributed by atoms with van der Waals surface area (Å²) >= 11 is 7.09. The monoisotopic (exact) mass is 374 g/mol. The summed E-state index contributed by atoms with van der Waals surface area (Å²) in [6, 6.07) is 12.5. The topological polar surface area (TPSA) is 97.2 Å². The Morgan fingerprint density at radius 1 is 1.16 bits per heavy atom. The van der Waals surface area contributed by atoms with E-state index >= 15 is 0 Å². The molecular weight excluding hydrogens is 364 g/mol. The Morgan fingerprint density at radius 3 is 2.72 bits per heavy atom. The number of benzene rings is 2. The number of anilines is 2. The lowest BCUT2D eigenvalue weighted by atomic mass is 10.1. The lowest BCUT2D eigenvalue weighted by Gasteiger charge is -2.05. The molecule has 0 aliphatic rings. The summed E-state index contributed by atoms with van der Waals surface area (Å²) in [5.41, 5.74) is 1.69. The van der Waals surface area contributed by atoms with Crippen LogP contribution in [0.4, 0.5) is 21.3 Å². The fraction of sp³-hybridized carbons (Fsp3) is 0. The van der Waals surface area contributed by atoms with Crippen molar-refractivity contribution in [3.63, 3.8) is 0 Å². The normalized spacial score (nSPS) is 10.3. The molecule has 25 heavy (non-hydrogen) atoms. The summed E-state index contributed by atoms with van der Waals surface area (Å²) in [7, 11) is 0. The van der Waals surface area contributed by atoms with Crippen LogP contribution in [0.1, 0.15) is 0 Å². The van der Waals surface area contributed by atoms with Crippen LogP contribution in [-0.4, -0.2) is 15.9 Å². The third kappa shape index (κ3) is 4.31. The van der Waals surface area contributed by atoms with Crippen molar-refractivity contribution in [1.82, 2.24) is 4.98 Å². The zero-order valence-electron chi connectivity index (χ0n) is 12.6. The number of nitrogens with zero attached hydrogens (tertiary/aromatic N) is 2. The summed E-state index contributed by atoms with van der Waals surface area (Å²) in [5, 5.41) is 18.7. The van der Waals surface area contributed by atoms with Crippen LogP contribution < -0.4 is 10.6 Å². The molecule has 0 saturated carbocycles. The lowest BCUT2D eigenvalue weighted by Crippen LogP contribution is -2.19. The molecule has 0 spiro atoms. The number of carbonyl (C=O) groups excluding carboxylic acids is 1. The molecule has 0 unspecified atom stereocenters. The van der Waals surface area contributed by atoms with Crippen molar-refractivity contribution in [3.05, 3.63) is 69.0 Å². The van der Waals surface area contributed by atoms with E-state index in [1.807, 2.05) is 0 Å². The van der Waals surface area contributed by atoms with Gasteiger partial charge in [-0.05, 0) is 18.2 Å². The van der Waals surface area contributed by atoms with Crippen molar-refractivity contribution < 1.29 is 9.72 Å². The molecule has 0 aliphatic heterocycles. The average molecular weight is 375 g/mol. The number of halogens is 1. The maximum absolute atomic E-state index is 12.0. The molecule has 0 fully saturated rings. The SMILES string of the molecule is O=C(Nc1cccc(Cl)c1)Nc1nc(-c2cccc([N+](=O)[O-])c2)cs1. The Hall–Kier alpha value is -2.97. The molecule has 9 heteroatoms. The van der Waals surface area contributed by atoms with E-state index in [0.29, 0.717) is 27.1 Å². The molecule has 1 aromatic heterocycles. The highest BCUT2D eigenvalue weighted by atomic mass is 35.5. The van der Waals surface area contributed by atoms with Crippen LogP contribution >= 0.6 is 22.9 Å². The number of hydrogen-bond donors (Lipinski definition) is 2. The van der Waals surface area contributed by atoms with Crippen LogP contribution in [0.25, 0.3) is 11.3 Å². The molecule has 2 N–H and O–H groups in total. The highest BCUT2D eigenvalue weighted by molar-refractivity contribution is 7.14. The Bertz CT molecular complexity index is 944. The van der Waals surface area contributed by atoms with Crippen molar-refractivity contribution in [2.45, 2.75) is 0 Å². The first-order valence-corrected chi connectivity index (χ1v) is 8.31. The molecule has 0 radical (unpaired) electrons.